The van der Waals surface area contributed by atoms with E-state index < -0.39 is 5.91 Å². The van der Waals surface area contributed by atoms with E-state index in [0.29, 0.717) is 16.9 Å². The third-order valence-electron chi connectivity index (χ3n) is 2.92. The second-order valence-corrected chi connectivity index (χ2v) is 5.22. The minimum atomic E-state index is -0.494. The molecule has 1 amide bonds. The average Bonchev–Trinajstić information content (AvgIpc) is 2.85. The Kier molecular flexibility index (Phi) is 3.00. The molecule has 2 aromatic carbocycles. The van der Waals surface area contributed by atoms with E-state index in [9.17, 15) is 4.79 Å². The molecule has 0 fully saturated rings. The van der Waals surface area contributed by atoms with Crippen LogP contribution >= 0.6 is 11.3 Å². The number of primary amides is 1. The highest BCUT2D eigenvalue weighted by Gasteiger charge is 2.09. The number of thiazole rings is 1. The summed E-state index contributed by atoms with van der Waals surface area (Å²) in [5.41, 5.74) is 16.3. The Bertz CT molecular complexity index is 797. The zero-order valence-electron chi connectivity index (χ0n) is 10.5. The van der Waals surface area contributed by atoms with Gasteiger partial charge in [-0.1, -0.05) is 0 Å². The lowest BCUT2D eigenvalue weighted by molar-refractivity contribution is 0.100. The molecule has 5 N–H and O–H groups in total. The van der Waals surface area contributed by atoms with Crippen LogP contribution in [0, 0.1) is 0 Å². The summed E-state index contributed by atoms with van der Waals surface area (Å²) in [7, 11) is 0. The molecule has 3 aromatic rings. The van der Waals surface area contributed by atoms with Crippen LogP contribution in [-0.4, -0.2) is 10.9 Å². The molecule has 100 valence electrons. The topological polar surface area (TPSA) is 94.0 Å². The van der Waals surface area contributed by atoms with Crippen LogP contribution in [0.15, 0.2) is 41.9 Å². The molecule has 1 aromatic heterocycles. The summed E-state index contributed by atoms with van der Waals surface area (Å²) in [6.07, 6.45) is 0. The molecule has 0 saturated heterocycles. The Morgan fingerprint density at radius 2 is 2.05 bits per heavy atom. The maximum absolute atomic E-state index is 11.4. The van der Waals surface area contributed by atoms with Gasteiger partial charge in [0.15, 0.2) is 0 Å². The van der Waals surface area contributed by atoms with Crippen molar-refractivity contribution in [1.29, 1.82) is 0 Å². The van der Waals surface area contributed by atoms with Crippen molar-refractivity contribution in [2.75, 3.05) is 11.1 Å². The van der Waals surface area contributed by atoms with Crippen molar-refractivity contribution in [3.05, 3.63) is 47.5 Å². The highest BCUT2D eigenvalue weighted by Crippen LogP contribution is 2.27. The number of benzene rings is 2. The Hall–Kier alpha value is -2.60. The SMILES string of the molecule is NC(=O)c1ccc(N)cc1Nc1ccc2ncsc2c1. The van der Waals surface area contributed by atoms with Gasteiger partial charge in [0.1, 0.15) is 0 Å². The fraction of sp³-hybridized carbons (Fsp3) is 0. The fourth-order valence-corrected chi connectivity index (χ4v) is 2.68. The van der Waals surface area contributed by atoms with Crippen LogP contribution in [0.1, 0.15) is 10.4 Å². The monoisotopic (exact) mass is 284 g/mol. The number of carbonyl (C=O) groups excluding carboxylic acids is 1. The van der Waals surface area contributed by atoms with Crippen LogP contribution in [0.3, 0.4) is 0 Å². The van der Waals surface area contributed by atoms with Crippen molar-refractivity contribution in [3.8, 4) is 0 Å². The van der Waals surface area contributed by atoms with Crippen LogP contribution < -0.4 is 16.8 Å². The molecule has 0 atom stereocenters. The number of nitrogens with two attached hydrogens (primary N) is 2. The summed E-state index contributed by atoms with van der Waals surface area (Å²) in [6, 6.07) is 10.8. The largest absolute Gasteiger partial charge is 0.399 e. The summed E-state index contributed by atoms with van der Waals surface area (Å²) in [4.78, 5) is 15.7. The number of carbonyl (C=O) groups is 1. The Balaban J connectivity index is 2.01. The van der Waals surface area contributed by atoms with Gasteiger partial charge in [-0.25, -0.2) is 4.98 Å². The van der Waals surface area contributed by atoms with E-state index in [4.69, 9.17) is 11.5 Å². The van der Waals surface area contributed by atoms with E-state index in [2.05, 4.69) is 10.3 Å². The summed E-state index contributed by atoms with van der Waals surface area (Å²) >= 11 is 1.56. The molecule has 0 bridgehead atoms. The van der Waals surface area contributed by atoms with E-state index in [1.807, 2.05) is 18.2 Å². The summed E-state index contributed by atoms with van der Waals surface area (Å²) < 4.78 is 1.07. The van der Waals surface area contributed by atoms with Crippen LogP contribution in [0.25, 0.3) is 10.2 Å². The Labute approximate surface area is 119 Å². The van der Waals surface area contributed by atoms with Crippen molar-refractivity contribution < 1.29 is 4.79 Å². The van der Waals surface area contributed by atoms with Gasteiger partial charge in [0.05, 0.1) is 27.0 Å². The van der Waals surface area contributed by atoms with E-state index in [-0.39, 0.29) is 0 Å². The number of amides is 1. The van der Waals surface area contributed by atoms with Gasteiger partial charge in [-0.3, -0.25) is 4.79 Å². The highest BCUT2D eigenvalue weighted by molar-refractivity contribution is 7.16. The first-order chi connectivity index (χ1) is 9.63. The van der Waals surface area contributed by atoms with Gasteiger partial charge < -0.3 is 16.8 Å². The van der Waals surface area contributed by atoms with Gasteiger partial charge in [-0.05, 0) is 36.4 Å². The predicted octanol–water partition coefficient (Wildman–Crippen LogP) is 2.72. The number of rotatable bonds is 3. The maximum Gasteiger partial charge on any atom is 0.250 e. The second kappa shape index (κ2) is 4.82. The number of aromatic nitrogens is 1. The Morgan fingerprint density at radius 3 is 2.85 bits per heavy atom. The number of fused-ring (bicyclic) bond motifs is 1. The number of nitrogen functional groups attached to an aromatic ring is 1. The van der Waals surface area contributed by atoms with E-state index in [1.54, 1.807) is 35.0 Å². The quantitative estimate of drug-likeness (QED) is 0.644. The normalized spacial score (nSPS) is 10.6. The van der Waals surface area contributed by atoms with Crippen LogP contribution in [0.2, 0.25) is 0 Å². The minimum Gasteiger partial charge on any atom is -0.399 e. The van der Waals surface area contributed by atoms with Gasteiger partial charge in [0.2, 0.25) is 0 Å². The lowest BCUT2D eigenvalue weighted by atomic mass is 10.1. The van der Waals surface area contributed by atoms with Gasteiger partial charge in [-0.15, -0.1) is 11.3 Å². The molecule has 6 heteroatoms. The van der Waals surface area contributed by atoms with Crippen molar-refractivity contribution in [1.82, 2.24) is 4.98 Å². The molecule has 20 heavy (non-hydrogen) atoms. The molecule has 0 aliphatic rings. The molecule has 3 rings (SSSR count). The molecule has 1 heterocycles. The maximum atomic E-state index is 11.4. The third-order valence-corrected chi connectivity index (χ3v) is 3.71. The first kappa shape index (κ1) is 12.4. The van der Waals surface area contributed by atoms with Crippen molar-refractivity contribution in [2.45, 2.75) is 0 Å². The molecular formula is C14H12N4OS. The molecule has 0 radical (unpaired) electrons. The molecule has 0 unspecified atom stereocenters. The molecule has 0 aliphatic carbocycles. The van der Waals surface area contributed by atoms with Gasteiger partial charge >= 0.3 is 0 Å². The molecular weight excluding hydrogens is 272 g/mol. The molecule has 5 nitrogen and oxygen atoms in total. The summed E-state index contributed by atoms with van der Waals surface area (Å²) in [5, 5.41) is 3.17. The molecule has 0 spiro atoms. The number of hydrogen-bond acceptors (Lipinski definition) is 5. The number of hydrogen-bond donors (Lipinski definition) is 3. The average molecular weight is 284 g/mol. The highest BCUT2D eigenvalue weighted by atomic mass is 32.1. The van der Waals surface area contributed by atoms with Crippen molar-refractivity contribution in [2.24, 2.45) is 5.73 Å². The summed E-state index contributed by atoms with van der Waals surface area (Å²) in [5.74, 6) is -0.494. The smallest absolute Gasteiger partial charge is 0.250 e. The van der Waals surface area contributed by atoms with Crippen LogP contribution in [0.4, 0.5) is 17.1 Å². The van der Waals surface area contributed by atoms with Crippen LogP contribution in [-0.2, 0) is 0 Å². The lowest BCUT2D eigenvalue weighted by Gasteiger charge is -2.11. The lowest BCUT2D eigenvalue weighted by Crippen LogP contribution is -2.13. The minimum absolute atomic E-state index is 0.406. The van der Waals surface area contributed by atoms with Gasteiger partial charge in [0, 0.05) is 11.4 Å². The zero-order valence-corrected chi connectivity index (χ0v) is 11.3. The number of nitrogens with zero attached hydrogens (tertiary/aromatic N) is 1. The molecule has 0 saturated carbocycles. The van der Waals surface area contributed by atoms with E-state index >= 15 is 0 Å². The van der Waals surface area contributed by atoms with Gasteiger partial charge in [0.25, 0.3) is 5.91 Å². The standard InChI is InChI=1S/C14H12N4OS/c15-8-1-3-10(14(16)19)12(5-8)18-9-2-4-11-13(6-9)20-7-17-11/h1-7,18H,15H2,(H2,16,19). The summed E-state index contributed by atoms with van der Waals surface area (Å²) in [6.45, 7) is 0. The van der Waals surface area contributed by atoms with E-state index in [1.165, 1.54) is 0 Å². The number of nitrogens with one attached hydrogen (secondary N) is 1. The first-order valence-electron chi connectivity index (χ1n) is 5.93. The molecule has 0 aliphatic heterocycles. The second-order valence-electron chi connectivity index (χ2n) is 4.33. The predicted molar refractivity (Wildman–Crippen MR) is 82.3 cm³/mol. The Morgan fingerprint density at radius 1 is 1.20 bits per heavy atom. The van der Waals surface area contributed by atoms with E-state index in [0.717, 1.165) is 15.9 Å². The van der Waals surface area contributed by atoms with Crippen molar-refractivity contribution in [3.63, 3.8) is 0 Å². The fourth-order valence-electron chi connectivity index (χ4n) is 1.97. The zero-order chi connectivity index (χ0) is 14.1. The first-order valence-corrected chi connectivity index (χ1v) is 6.81. The van der Waals surface area contributed by atoms with Crippen molar-refractivity contribution >= 4 is 44.5 Å². The third kappa shape index (κ3) is 2.28. The number of anilines is 3. The van der Waals surface area contributed by atoms with Gasteiger partial charge in [-0.2, -0.15) is 0 Å². The van der Waals surface area contributed by atoms with Crippen LogP contribution in [0.5, 0.6) is 0 Å².